The summed E-state index contributed by atoms with van der Waals surface area (Å²) >= 11 is 0. The Kier molecular flexibility index (Phi) is 3.35. The summed E-state index contributed by atoms with van der Waals surface area (Å²) in [4.78, 5) is 0. The van der Waals surface area contributed by atoms with Crippen LogP contribution < -0.4 is 0 Å². The Hall–Kier alpha value is -2.67. The van der Waals surface area contributed by atoms with E-state index in [2.05, 4.69) is 11.2 Å². The Bertz CT molecular complexity index is 615. The van der Waals surface area contributed by atoms with Crippen molar-refractivity contribution >= 4 is 11.3 Å². The number of hydrogen-bond acceptors (Lipinski definition) is 3. The van der Waals surface area contributed by atoms with Crippen LogP contribution in [0.15, 0.2) is 59.3 Å². The normalized spacial score (nSPS) is 13.3. The van der Waals surface area contributed by atoms with Gasteiger partial charge in [0.2, 0.25) is 0 Å². The predicted octanol–water partition coefficient (Wildman–Crippen LogP) is 3.06. The zero-order valence-corrected chi connectivity index (χ0v) is 9.34. The number of nitrogens with zero attached hydrogens (tertiary/aromatic N) is 2. The lowest BCUT2D eigenvalue weighted by molar-refractivity contribution is 0.320. The van der Waals surface area contributed by atoms with E-state index in [0.717, 1.165) is 0 Å². The molecule has 3 nitrogen and oxygen atoms in total. The molecular weight excluding hydrogens is 231 g/mol. The van der Waals surface area contributed by atoms with Gasteiger partial charge < -0.3 is 5.21 Å². The molecule has 88 valence electrons. The van der Waals surface area contributed by atoms with Crippen LogP contribution >= 0.6 is 0 Å². The highest BCUT2D eigenvalue weighted by molar-refractivity contribution is 6.06. The monoisotopic (exact) mass is 240 g/mol. The molecule has 0 saturated carbocycles. The minimum absolute atomic E-state index is 0.374. The highest BCUT2D eigenvalue weighted by atomic mass is 19.1. The van der Waals surface area contributed by atoms with Crippen molar-refractivity contribution < 1.29 is 9.60 Å². The largest absolute Gasteiger partial charge is 0.410 e. The molecule has 1 aromatic carbocycles. The molecule has 1 aliphatic carbocycles. The van der Waals surface area contributed by atoms with E-state index in [1.807, 2.05) is 0 Å². The molecule has 0 radical (unpaired) electrons. The summed E-state index contributed by atoms with van der Waals surface area (Å²) < 4.78 is 13.1. The third kappa shape index (κ3) is 2.36. The highest BCUT2D eigenvalue weighted by Crippen LogP contribution is 2.22. The Morgan fingerprint density at radius 3 is 2.50 bits per heavy atom. The van der Waals surface area contributed by atoms with E-state index in [1.165, 1.54) is 12.1 Å². The number of rotatable bonds is 1. The second-order valence-electron chi connectivity index (χ2n) is 3.64. The highest BCUT2D eigenvalue weighted by Gasteiger charge is 2.08. The molecule has 0 aromatic heterocycles. The maximum atomic E-state index is 13.1. The van der Waals surface area contributed by atoms with Gasteiger partial charge in [0.15, 0.2) is 0 Å². The fourth-order valence-electron chi connectivity index (χ4n) is 1.63. The van der Waals surface area contributed by atoms with E-state index in [0.29, 0.717) is 22.4 Å². The molecule has 0 saturated heterocycles. The van der Waals surface area contributed by atoms with Crippen molar-refractivity contribution in [1.29, 1.82) is 5.26 Å². The average molecular weight is 240 g/mol. The van der Waals surface area contributed by atoms with Gasteiger partial charge in [0.1, 0.15) is 17.6 Å². The van der Waals surface area contributed by atoms with Crippen molar-refractivity contribution in [3.8, 4) is 6.07 Å². The van der Waals surface area contributed by atoms with Crippen molar-refractivity contribution in [2.24, 2.45) is 5.16 Å². The molecule has 0 spiro atoms. The van der Waals surface area contributed by atoms with Crippen LogP contribution in [-0.2, 0) is 0 Å². The Morgan fingerprint density at radius 1 is 1.22 bits per heavy atom. The molecule has 1 aromatic rings. The predicted molar refractivity (Wildman–Crippen MR) is 66.4 cm³/mol. The first-order valence-electron chi connectivity index (χ1n) is 5.23. The van der Waals surface area contributed by atoms with Gasteiger partial charge in [-0.3, -0.25) is 0 Å². The Labute approximate surface area is 103 Å². The number of benzene rings is 1. The van der Waals surface area contributed by atoms with Crippen molar-refractivity contribution in [3.05, 3.63) is 65.5 Å². The summed E-state index contributed by atoms with van der Waals surface area (Å²) in [6.07, 6.45) is 6.45. The van der Waals surface area contributed by atoms with Gasteiger partial charge in [-0.1, -0.05) is 29.4 Å². The van der Waals surface area contributed by atoms with Crippen LogP contribution in [0.1, 0.15) is 5.56 Å². The van der Waals surface area contributed by atoms with Crippen molar-refractivity contribution in [1.82, 2.24) is 0 Å². The van der Waals surface area contributed by atoms with Gasteiger partial charge in [-0.2, -0.15) is 5.26 Å². The van der Waals surface area contributed by atoms with Crippen LogP contribution in [0.4, 0.5) is 4.39 Å². The Balaban J connectivity index is 2.48. The zero-order valence-electron chi connectivity index (χ0n) is 9.34. The van der Waals surface area contributed by atoms with Gasteiger partial charge in [0, 0.05) is 0 Å². The fourth-order valence-corrected chi connectivity index (χ4v) is 1.63. The lowest BCUT2D eigenvalue weighted by atomic mass is 9.97. The van der Waals surface area contributed by atoms with Crippen LogP contribution in [0.3, 0.4) is 0 Å². The van der Waals surface area contributed by atoms with Crippen LogP contribution in [0, 0.1) is 17.1 Å². The maximum absolute atomic E-state index is 13.1. The van der Waals surface area contributed by atoms with Gasteiger partial charge in [0.05, 0.1) is 5.57 Å². The number of oxime groups is 1. The first-order chi connectivity index (χ1) is 8.74. The van der Waals surface area contributed by atoms with Crippen LogP contribution in [0.2, 0.25) is 0 Å². The number of halogens is 1. The molecule has 0 aliphatic heterocycles. The average Bonchev–Trinajstić information content (AvgIpc) is 2.40. The first kappa shape index (κ1) is 11.8. The Morgan fingerprint density at radius 2 is 1.94 bits per heavy atom. The number of allylic oxidation sites excluding steroid dienone is 6. The van der Waals surface area contributed by atoms with Crippen molar-refractivity contribution in [3.63, 3.8) is 0 Å². The maximum Gasteiger partial charge on any atom is 0.123 e. The quantitative estimate of drug-likeness (QED) is 0.466. The van der Waals surface area contributed by atoms with Crippen LogP contribution in [-0.4, -0.2) is 10.9 Å². The summed E-state index contributed by atoms with van der Waals surface area (Å²) in [6, 6.07) is 7.92. The molecule has 2 rings (SSSR count). The molecular formula is C14H9FN2O. The molecule has 0 unspecified atom stereocenters. The van der Waals surface area contributed by atoms with Crippen molar-refractivity contribution in [2.75, 3.05) is 0 Å². The second-order valence-corrected chi connectivity index (χ2v) is 3.64. The summed E-state index contributed by atoms with van der Waals surface area (Å²) in [5.41, 5.74) is 1.94. The standard InChI is InChI=1S/C14H9FN2O/c15-12-3-1-2-11(8-12)14(9-16)10-4-6-13(17-18)7-5-10/h1-8,18H. The summed E-state index contributed by atoms with van der Waals surface area (Å²) in [5.74, 6) is -0.387. The smallest absolute Gasteiger partial charge is 0.123 e. The fraction of sp³-hybridized carbons (Fsp3) is 0. The van der Waals surface area contributed by atoms with E-state index < -0.39 is 0 Å². The summed E-state index contributed by atoms with van der Waals surface area (Å²) in [6.45, 7) is 0. The van der Waals surface area contributed by atoms with Gasteiger partial charge in [-0.15, -0.1) is 0 Å². The molecule has 0 bridgehead atoms. The van der Waals surface area contributed by atoms with Gasteiger partial charge in [-0.25, -0.2) is 4.39 Å². The second kappa shape index (κ2) is 5.11. The molecule has 1 aliphatic rings. The molecule has 0 atom stereocenters. The minimum Gasteiger partial charge on any atom is -0.410 e. The molecule has 18 heavy (non-hydrogen) atoms. The number of hydrogen-bond donors (Lipinski definition) is 1. The van der Waals surface area contributed by atoms with Gasteiger partial charge >= 0.3 is 0 Å². The molecule has 0 heterocycles. The lowest BCUT2D eigenvalue weighted by Crippen LogP contribution is -1.95. The SMILES string of the molecule is N#CC(=C1C=CC(=NO)C=C1)c1cccc(F)c1. The first-order valence-corrected chi connectivity index (χ1v) is 5.23. The topological polar surface area (TPSA) is 56.4 Å². The van der Waals surface area contributed by atoms with E-state index in [-0.39, 0.29) is 5.82 Å². The lowest BCUT2D eigenvalue weighted by Gasteiger charge is -2.06. The van der Waals surface area contributed by atoms with E-state index in [9.17, 15) is 4.39 Å². The molecule has 4 heteroatoms. The molecule has 1 N–H and O–H groups in total. The van der Waals surface area contributed by atoms with Gasteiger partial charge in [-0.05, 0) is 35.4 Å². The van der Waals surface area contributed by atoms with E-state index >= 15 is 0 Å². The molecule has 0 fully saturated rings. The van der Waals surface area contributed by atoms with E-state index in [1.54, 1.807) is 36.4 Å². The molecule has 0 amide bonds. The third-order valence-corrected chi connectivity index (χ3v) is 2.50. The van der Waals surface area contributed by atoms with Crippen molar-refractivity contribution in [2.45, 2.75) is 0 Å². The third-order valence-electron chi connectivity index (χ3n) is 2.50. The summed E-state index contributed by atoms with van der Waals surface area (Å²) in [7, 11) is 0. The van der Waals surface area contributed by atoms with Crippen LogP contribution in [0.25, 0.3) is 5.57 Å². The zero-order chi connectivity index (χ0) is 13.0. The van der Waals surface area contributed by atoms with Crippen LogP contribution in [0.5, 0.6) is 0 Å². The van der Waals surface area contributed by atoms with Gasteiger partial charge in [0.25, 0.3) is 0 Å². The minimum atomic E-state index is -0.387. The summed E-state index contributed by atoms with van der Waals surface area (Å²) in [5, 5.41) is 20.8. The number of nitriles is 1. The van der Waals surface area contributed by atoms with E-state index in [4.69, 9.17) is 10.5 Å².